The molecule has 1 aliphatic rings. The van der Waals surface area contributed by atoms with Crippen molar-refractivity contribution in [1.29, 1.82) is 0 Å². The smallest absolute Gasteiger partial charge is 0.461 e. The van der Waals surface area contributed by atoms with Crippen molar-refractivity contribution in [3.63, 3.8) is 0 Å². The first-order valence-corrected chi connectivity index (χ1v) is 4.83. The van der Waals surface area contributed by atoms with Crippen LogP contribution in [-0.2, 0) is 19.0 Å². The maximum atomic E-state index is 11.8. The highest BCUT2D eigenvalue weighted by Crippen LogP contribution is 2.29. The van der Waals surface area contributed by atoms with E-state index < -0.39 is 17.5 Å². The van der Waals surface area contributed by atoms with Crippen LogP contribution in [0.15, 0.2) is 25.3 Å². The molecule has 16 heavy (non-hydrogen) atoms. The number of carbonyl (C=O) groups excluding carboxylic acids is 2. The van der Waals surface area contributed by atoms with Crippen molar-refractivity contribution in [1.82, 2.24) is 0 Å². The van der Waals surface area contributed by atoms with E-state index in [2.05, 4.69) is 13.2 Å². The molecule has 0 aromatic carbocycles. The van der Waals surface area contributed by atoms with Gasteiger partial charge < -0.3 is 14.2 Å². The Bertz CT molecular complexity index is 297. The van der Waals surface area contributed by atoms with Crippen LogP contribution in [0.1, 0.15) is 6.42 Å². The first kappa shape index (κ1) is 12.3. The molecule has 0 N–H and O–H groups in total. The molecule has 88 valence electrons. The van der Waals surface area contributed by atoms with E-state index in [-0.39, 0.29) is 19.8 Å². The molecule has 1 fully saturated rings. The number of allylic oxidation sites excluding steroid dienone is 1. The van der Waals surface area contributed by atoms with Crippen LogP contribution in [0.25, 0.3) is 0 Å². The van der Waals surface area contributed by atoms with Gasteiger partial charge in [0.2, 0.25) is 0 Å². The molecule has 5 nitrogen and oxygen atoms in total. The van der Waals surface area contributed by atoms with Crippen molar-refractivity contribution in [2.45, 2.75) is 6.42 Å². The standard InChI is InChI=1S/C11H14O5/c1-3-5-11(9(12)14-6-4-2)7-15-10(13)16-8-11/h3-4H,1-2,5-8H2. The van der Waals surface area contributed by atoms with Crippen molar-refractivity contribution in [2.75, 3.05) is 19.8 Å². The molecule has 1 rings (SSSR count). The Morgan fingerprint density at radius 1 is 1.38 bits per heavy atom. The molecular formula is C11H14O5. The summed E-state index contributed by atoms with van der Waals surface area (Å²) in [5.41, 5.74) is -0.974. The van der Waals surface area contributed by atoms with Gasteiger partial charge in [0.05, 0.1) is 0 Å². The number of esters is 1. The number of rotatable bonds is 5. The summed E-state index contributed by atoms with van der Waals surface area (Å²) in [7, 11) is 0. The molecule has 0 aromatic rings. The first-order valence-electron chi connectivity index (χ1n) is 4.83. The van der Waals surface area contributed by atoms with Crippen LogP contribution in [-0.4, -0.2) is 31.9 Å². The monoisotopic (exact) mass is 226 g/mol. The lowest BCUT2D eigenvalue weighted by atomic mass is 9.86. The fourth-order valence-electron chi connectivity index (χ4n) is 1.36. The van der Waals surface area contributed by atoms with Crippen molar-refractivity contribution < 1.29 is 23.8 Å². The van der Waals surface area contributed by atoms with E-state index in [9.17, 15) is 9.59 Å². The molecule has 1 aliphatic heterocycles. The van der Waals surface area contributed by atoms with Crippen LogP contribution in [0.2, 0.25) is 0 Å². The second kappa shape index (κ2) is 5.34. The van der Waals surface area contributed by atoms with Gasteiger partial charge in [-0.3, -0.25) is 4.79 Å². The van der Waals surface area contributed by atoms with Gasteiger partial charge in [-0.25, -0.2) is 4.79 Å². The van der Waals surface area contributed by atoms with E-state index in [4.69, 9.17) is 14.2 Å². The average Bonchev–Trinajstić information content (AvgIpc) is 2.29. The van der Waals surface area contributed by atoms with Crippen molar-refractivity contribution in [3.8, 4) is 0 Å². The van der Waals surface area contributed by atoms with Crippen LogP contribution >= 0.6 is 0 Å². The quantitative estimate of drug-likeness (QED) is 0.524. The zero-order valence-corrected chi connectivity index (χ0v) is 8.94. The summed E-state index contributed by atoms with van der Waals surface area (Å²) in [6.45, 7) is 7.02. The number of ether oxygens (including phenoxy) is 3. The van der Waals surface area contributed by atoms with E-state index in [1.165, 1.54) is 6.08 Å². The van der Waals surface area contributed by atoms with Crippen LogP contribution in [0, 0.1) is 5.41 Å². The molecule has 0 spiro atoms. The zero-order chi connectivity index (χ0) is 12.0. The zero-order valence-electron chi connectivity index (χ0n) is 8.94. The lowest BCUT2D eigenvalue weighted by Crippen LogP contribution is -2.46. The van der Waals surface area contributed by atoms with E-state index in [1.54, 1.807) is 6.08 Å². The maximum Gasteiger partial charge on any atom is 0.508 e. The van der Waals surface area contributed by atoms with Crippen molar-refractivity contribution >= 4 is 12.1 Å². The SMILES string of the molecule is C=CCOC(=O)C1(CC=C)COC(=O)OC1. The van der Waals surface area contributed by atoms with E-state index in [0.717, 1.165) is 0 Å². The fraction of sp³-hybridized carbons (Fsp3) is 0.455. The highest BCUT2D eigenvalue weighted by Gasteiger charge is 2.45. The fourth-order valence-corrected chi connectivity index (χ4v) is 1.36. The molecule has 1 heterocycles. The highest BCUT2D eigenvalue weighted by atomic mass is 16.7. The molecule has 0 amide bonds. The van der Waals surface area contributed by atoms with Gasteiger partial charge in [-0.05, 0) is 6.42 Å². The van der Waals surface area contributed by atoms with Gasteiger partial charge in [0.25, 0.3) is 0 Å². The van der Waals surface area contributed by atoms with E-state index in [1.807, 2.05) is 0 Å². The lowest BCUT2D eigenvalue weighted by molar-refractivity contribution is -0.166. The molecule has 0 bridgehead atoms. The van der Waals surface area contributed by atoms with Crippen LogP contribution < -0.4 is 0 Å². The Balaban J connectivity index is 2.71. The Morgan fingerprint density at radius 2 is 2.00 bits per heavy atom. The minimum absolute atomic E-state index is 0.0478. The summed E-state index contributed by atoms with van der Waals surface area (Å²) < 4.78 is 14.4. The summed E-state index contributed by atoms with van der Waals surface area (Å²) in [6, 6.07) is 0. The Hall–Kier alpha value is -1.78. The second-order valence-electron chi connectivity index (χ2n) is 3.49. The highest BCUT2D eigenvalue weighted by molar-refractivity contribution is 5.79. The van der Waals surface area contributed by atoms with E-state index in [0.29, 0.717) is 6.42 Å². The van der Waals surface area contributed by atoms with Crippen molar-refractivity contribution in [3.05, 3.63) is 25.3 Å². The Labute approximate surface area is 93.7 Å². The van der Waals surface area contributed by atoms with Crippen LogP contribution in [0.4, 0.5) is 4.79 Å². The van der Waals surface area contributed by atoms with Gasteiger partial charge >= 0.3 is 12.1 Å². The van der Waals surface area contributed by atoms with Gasteiger partial charge in [0, 0.05) is 0 Å². The molecule has 0 aliphatic carbocycles. The number of hydrogen-bond donors (Lipinski definition) is 0. The van der Waals surface area contributed by atoms with Gasteiger partial charge in [0.15, 0.2) is 0 Å². The molecule has 5 heteroatoms. The van der Waals surface area contributed by atoms with Gasteiger partial charge in [-0.2, -0.15) is 0 Å². The largest absolute Gasteiger partial charge is 0.508 e. The van der Waals surface area contributed by atoms with Crippen LogP contribution in [0.5, 0.6) is 0 Å². The predicted octanol–water partition coefficient (Wildman–Crippen LogP) is 1.44. The summed E-state index contributed by atoms with van der Waals surface area (Å²) in [6.07, 6.45) is 2.60. The first-order chi connectivity index (χ1) is 7.64. The Kier molecular flexibility index (Phi) is 4.10. The molecular weight excluding hydrogens is 212 g/mol. The summed E-state index contributed by atoms with van der Waals surface area (Å²) in [4.78, 5) is 22.5. The molecule has 1 saturated heterocycles. The van der Waals surface area contributed by atoms with Crippen molar-refractivity contribution in [2.24, 2.45) is 5.41 Å². The minimum atomic E-state index is -0.974. The topological polar surface area (TPSA) is 61.8 Å². The Morgan fingerprint density at radius 3 is 2.50 bits per heavy atom. The molecule has 0 saturated carbocycles. The molecule has 0 aromatic heterocycles. The minimum Gasteiger partial charge on any atom is -0.461 e. The normalized spacial score (nSPS) is 17.9. The van der Waals surface area contributed by atoms with Gasteiger partial charge in [-0.15, -0.1) is 6.58 Å². The third-order valence-electron chi connectivity index (χ3n) is 2.23. The summed E-state index contributed by atoms with van der Waals surface area (Å²) in [5, 5.41) is 0. The van der Waals surface area contributed by atoms with Gasteiger partial charge in [-0.1, -0.05) is 18.7 Å². The molecule has 0 atom stereocenters. The number of carbonyl (C=O) groups is 2. The summed E-state index contributed by atoms with van der Waals surface area (Å²) >= 11 is 0. The maximum absolute atomic E-state index is 11.8. The third-order valence-corrected chi connectivity index (χ3v) is 2.23. The van der Waals surface area contributed by atoms with E-state index >= 15 is 0 Å². The molecule has 0 radical (unpaired) electrons. The third kappa shape index (κ3) is 2.62. The predicted molar refractivity (Wildman–Crippen MR) is 55.7 cm³/mol. The number of hydrogen-bond acceptors (Lipinski definition) is 5. The van der Waals surface area contributed by atoms with Crippen LogP contribution in [0.3, 0.4) is 0 Å². The summed E-state index contributed by atoms with van der Waals surface area (Å²) in [5.74, 6) is -0.472. The van der Waals surface area contributed by atoms with Gasteiger partial charge in [0.1, 0.15) is 25.2 Å². The molecule has 0 unspecified atom stereocenters. The second-order valence-corrected chi connectivity index (χ2v) is 3.49. The number of cyclic esters (lactones) is 2. The lowest BCUT2D eigenvalue weighted by Gasteiger charge is -2.32. The average molecular weight is 226 g/mol.